The van der Waals surface area contributed by atoms with E-state index in [9.17, 15) is 4.79 Å². The molecule has 1 aliphatic heterocycles. The number of ether oxygens (including phenoxy) is 1. The molecule has 2 aliphatic rings. The van der Waals surface area contributed by atoms with Crippen LogP contribution in [0.1, 0.15) is 38.5 Å². The minimum atomic E-state index is 0.287. The summed E-state index contributed by atoms with van der Waals surface area (Å²) in [7, 11) is 1.77. The molecule has 1 aliphatic carbocycles. The second-order valence-electron chi connectivity index (χ2n) is 4.74. The molecule has 0 bridgehead atoms. The fourth-order valence-corrected chi connectivity index (χ4v) is 2.74. The van der Waals surface area contributed by atoms with Crippen molar-refractivity contribution in [3.05, 3.63) is 0 Å². The highest BCUT2D eigenvalue weighted by molar-refractivity contribution is 5.79. The van der Waals surface area contributed by atoms with Crippen molar-refractivity contribution in [3.63, 3.8) is 0 Å². The van der Waals surface area contributed by atoms with Gasteiger partial charge in [-0.3, -0.25) is 4.79 Å². The van der Waals surface area contributed by atoms with Crippen LogP contribution in [0.4, 0.5) is 0 Å². The first-order valence-corrected chi connectivity index (χ1v) is 6.13. The summed E-state index contributed by atoms with van der Waals surface area (Å²) in [5.41, 5.74) is 0. The molecule has 0 aromatic carbocycles. The van der Waals surface area contributed by atoms with E-state index in [0.717, 1.165) is 38.8 Å². The third kappa shape index (κ3) is 2.51. The Bertz CT molecular complexity index is 216. The summed E-state index contributed by atoms with van der Waals surface area (Å²) in [4.78, 5) is 14.1. The molecule has 1 saturated heterocycles. The van der Waals surface area contributed by atoms with Crippen LogP contribution in [0, 0.1) is 5.92 Å². The van der Waals surface area contributed by atoms with Gasteiger partial charge >= 0.3 is 0 Å². The Morgan fingerprint density at radius 1 is 1.13 bits per heavy atom. The number of hydrogen-bond donors (Lipinski definition) is 0. The summed E-state index contributed by atoms with van der Waals surface area (Å²) in [6.07, 6.45) is 6.94. The predicted octanol–water partition coefficient (Wildman–Crippen LogP) is 1.81. The molecule has 0 N–H and O–H groups in total. The van der Waals surface area contributed by atoms with Gasteiger partial charge in [0.2, 0.25) is 5.91 Å². The van der Waals surface area contributed by atoms with Crippen LogP contribution in [0.2, 0.25) is 0 Å². The summed E-state index contributed by atoms with van der Waals surface area (Å²) in [5, 5.41) is 0. The number of hydrogen-bond acceptors (Lipinski definition) is 2. The van der Waals surface area contributed by atoms with Crippen LogP contribution in [0.15, 0.2) is 0 Å². The monoisotopic (exact) mass is 211 g/mol. The lowest BCUT2D eigenvalue weighted by atomic mass is 9.86. The van der Waals surface area contributed by atoms with E-state index in [1.807, 2.05) is 0 Å². The van der Waals surface area contributed by atoms with Gasteiger partial charge in [-0.1, -0.05) is 0 Å². The Morgan fingerprint density at radius 3 is 2.27 bits per heavy atom. The molecule has 3 nitrogen and oxygen atoms in total. The Labute approximate surface area is 91.8 Å². The number of carbonyl (C=O) groups excluding carboxylic acids is 1. The van der Waals surface area contributed by atoms with Gasteiger partial charge in [0.1, 0.15) is 0 Å². The molecule has 0 atom stereocenters. The van der Waals surface area contributed by atoms with Crippen molar-refractivity contribution < 1.29 is 9.53 Å². The summed E-state index contributed by atoms with van der Waals surface area (Å²) in [6.45, 7) is 1.98. The molecule has 2 fully saturated rings. The molecule has 1 saturated carbocycles. The highest BCUT2D eigenvalue weighted by Crippen LogP contribution is 2.28. The molecule has 1 heterocycles. The maximum atomic E-state index is 12.1. The lowest BCUT2D eigenvalue weighted by Crippen LogP contribution is -2.36. The van der Waals surface area contributed by atoms with E-state index in [1.54, 1.807) is 7.11 Å². The van der Waals surface area contributed by atoms with Crippen LogP contribution in [0.5, 0.6) is 0 Å². The van der Waals surface area contributed by atoms with Gasteiger partial charge in [-0.2, -0.15) is 0 Å². The van der Waals surface area contributed by atoms with E-state index >= 15 is 0 Å². The maximum Gasteiger partial charge on any atom is 0.225 e. The molecule has 1 amide bonds. The zero-order chi connectivity index (χ0) is 10.7. The van der Waals surface area contributed by atoms with E-state index in [4.69, 9.17) is 4.74 Å². The van der Waals surface area contributed by atoms with Crippen molar-refractivity contribution in [1.82, 2.24) is 4.90 Å². The number of rotatable bonds is 2. The molecule has 0 unspecified atom stereocenters. The molecule has 86 valence electrons. The van der Waals surface area contributed by atoms with Gasteiger partial charge in [-0.05, 0) is 38.5 Å². The second-order valence-corrected chi connectivity index (χ2v) is 4.74. The lowest BCUT2D eigenvalue weighted by molar-refractivity contribution is -0.136. The van der Waals surface area contributed by atoms with E-state index < -0.39 is 0 Å². The molecular formula is C12H21NO2. The number of carbonyl (C=O) groups is 1. The first kappa shape index (κ1) is 10.9. The average molecular weight is 211 g/mol. The van der Waals surface area contributed by atoms with Crippen LogP contribution in [-0.2, 0) is 9.53 Å². The minimum absolute atomic E-state index is 0.287. The van der Waals surface area contributed by atoms with Crippen molar-refractivity contribution >= 4 is 5.91 Å². The largest absolute Gasteiger partial charge is 0.381 e. The van der Waals surface area contributed by atoms with Crippen LogP contribution < -0.4 is 0 Å². The van der Waals surface area contributed by atoms with Crippen LogP contribution in [0.25, 0.3) is 0 Å². The molecule has 0 aromatic heterocycles. The SMILES string of the molecule is COC1CCC(C(=O)N2CCCC2)CC1. The topological polar surface area (TPSA) is 29.5 Å². The smallest absolute Gasteiger partial charge is 0.225 e. The summed E-state index contributed by atoms with van der Waals surface area (Å²) in [5.74, 6) is 0.691. The van der Waals surface area contributed by atoms with Gasteiger partial charge in [0.15, 0.2) is 0 Å². The first-order chi connectivity index (χ1) is 7.31. The van der Waals surface area contributed by atoms with Crippen molar-refractivity contribution in [2.45, 2.75) is 44.6 Å². The van der Waals surface area contributed by atoms with Gasteiger partial charge < -0.3 is 9.64 Å². The molecular weight excluding hydrogens is 190 g/mol. The molecule has 15 heavy (non-hydrogen) atoms. The zero-order valence-electron chi connectivity index (χ0n) is 9.58. The van der Waals surface area contributed by atoms with E-state index in [1.165, 1.54) is 12.8 Å². The highest BCUT2D eigenvalue weighted by atomic mass is 16.5. The van der Waals surface area contributed by atoms with Crippen molar-refractivity contribution in [1.29, 1.82) is 0 Å². The summed E-state index contributed by atoms with van der Waals surface area (Å²) >= 11 is 0. The standard InChI is InChI=1S/C12H21NO2/c1-15-11-6-4-10(5-7-11)12(14)13-8-2-3-9-13/h10-11H,2-9H2,1H3. The second kappa shape index (κ2) is 4.97. The average Bonchev–Trinajstić information content (AvgIpc) is 2.82. The van der Waals surface area contributed by atoms with Crippen LogP contribution in [0.3, 0.4) is 0 Å². The van der Waals surface area contributed by atoms with Crippen molar-refractivity contribution in [3.8, 4) is 0 Å². The normalized spacial score (nSPS) is 31.9. The fourth-order valence-electron chi connectivity index (χ4n) is 2.74. The number of likely N-dealkylation sites (tertiary alicyclic amines) is 1. The fraction of sp³-hybridized carbons (Fsp3) is 0.917. The Hall–Kier alpha value is -0.570. The molecule has 3 heteroatoms. The molecule has 0 spiro atoms. The Kier molecular flexibility index (Phi) is 3.62. The van der Waals surface area contributed by atoms with E-state index in [2.05, 4.69) is 4.90 Å². The lowest BCUT2D eigenvalue weighted by Gasteiger charge is -2.29. The Morgan fingerprint density at radius 2 is 1.73 bits per heavy atom. The molecule has 0 aromatic rings. The van der Waals surface area contributed by atoms with E-state index in [0.29, 0.717) is 12.0 Å². The van der Waals surface area contributed by atoms with Crippen LogP contribution in [-0.4, -0.2) is 37.1 Å². The minimum Gasteiger partial charge on any atom is -0.381 e. The highest BCUT2D eigenvalue weighted by Gasteiger charge is 2.30. The number of nitrogens with zero attached hydrogens (tertiary/aromatic N) is 1. The predicted molar refractivity (Wildman–Crippen MR) is 58.6 cm³/mol. The number of methoxy groups -OCH3 is 1. The van der Waals surface area contributed by atoms with Gasteiger partial charge in [0.25, 0.3) is 0 Å². The van der Waals surface area contributed by atoms with Gasteiger partial charge in [0.05, 0.1) is 6.10 Å². The zero-order valence-corrected chi connectivity index (χ0v) is 9.58. The molecule has 0 radical (unpaired) electrons. The third-order valence-corrected chi connectivity index (χ3v) is 3.77. The summed E-state index contributed by atoms with van der Waals surface area (Å²) in [6, 6.07) is 0. The maximum absolute atomic E-state index is 12.1. The Balaban J connectivity index is 1.81. The quantitative estimate of drug-likeness (QED) is 0.697. The first-order valence-electron chi connectivity index (χ1n) is 6.13. The third-order valence-electron chi connectivity index (χ3n) is 3.77. The van der Waals surface area contributed by atoms with Crippen molar-refractivity contribution in [2.24, 2.45) is 5.92 Å². The molecule has 2 rings (SSSR count). The van der Waals surface area contributed by atoms with E-state index in [-0.39, 0.29) is 5.92 Å². The van der Waals surface area contributed by atoms with Gasteiger partial charge in [-0.15, -0.1) is 0 Å². The van der Waals surface area contributed by atoms with Crippen LogP contribution >= 0.6 is 0 Å². The van der Waals surface area contributed by atoms with Crippen molar-refractivity contribution in [2.75, 3.05) is 20.2 Å². The number of amides is 1. The summed E-state index contributed by atoms with van der Waals surface area (Å²) < 4.78 is 5.32. The van der Waals surface area contributed by atoms with Gasteiger partial charge in [-0.25, -0.2) is 0 Å². The van der Waals surface area contributed by atoms with Gasteiger partial charge in [0, 0.05) is 26.1 Å².